The van der Waals surface area contributed by atoms with Crippen LogP contribution < -0.4 is 5.32 Å². The van der Waals surface area contributed by atoms with E-state index < -0.39 is 23.2 Å². The summed E-state index contributed by atoms with van der Waals surface area (Å²) in [5.41, 5.74) is -0.681. The van der Waals surface area contributed by atoms with Gasteiger partial charge in [0.15, 0.2) is 11.6 Å². The highest BCUT2D eigenvalue weighted by molar-refractivity contribution is 8.00. The molecule has 0 radical (unpaired) electrons. The van der Waals surface area contributed by atoms with E-state index in [2.05, 4.69) is 5.32 Å². The summed E-state index contributed by atoms with van der Waals surface area (Å²) in [6, 6.07) is 1.26. The second-order valence-corrected chi connectivity index (χ2v) is 5.42. The molecule has 4 nitrogen and oxygen atoms in total. The van der Waals surface area contributed by atoms with Crippen LogP contribution in [-0.2, 0) is 4.79 Å². The molecule has 1 heterocycles. The Morgan fingerprint density at radius 2 is 2.00 bits per heavy atom. The van der Waals surface area contributed by atoms with Crippen LogP contribution in [0.4, 0.5) is 14.5 Å². The number of carboxylic acid groups (broad SMARTS) is 1. The number of carbonyl (C=O) groups excluding carboxylic acids is 1. The maximum Gasteiger partial charge on any atom is 0.337 e. The molecular weight excluding hydrogens is 276 g/mol. The van der Waals surface area contributed by atoms with E-state index in [-0.39, 0.29) is 16.8 Å². The van der Waals surface area contributed by atoms with Gasteiger partial charge in [-0.3, -0.25) is 4.79 Å². The Kier molecular flexibility index (Phi) is 4.04. The lowest BCUT2D eigenvalue weighted by Crippen LogP contribution is -2.24. The van der Waals surface area contributed by atoms with Crippen LogP contribution in [0.15, 0.2) is 12.1 Å². The predicted molar refractivity (Wildman–Crippen MR) is 67.4 cm³/mol. The zero-order chi connectivity index (χ0) is 14.0. The van der Waals surface area contributed by atoms with E-state index in [0.29, 0.717) is 18.6 Å². The summed E-state index contributed by atoms with van der Waals surface area (Å²) < 4.78 is 26.1. The van der Waals surface area contributed by atoms with E-state index in [1.54, 1.807) is 0 Å². The number of halogens is 2. The summed E-state index contributed by atoms with van der Waals surface area (Å²) >= 11 is 1.46. The number of thioether (sulfide) groups is 1. The minimum atomic E-state index is -1.42. The number of nitrogens with one attached hydrogen (secondary N) is 1. The molecule has 7 heteroatoms. The molecule has 19 heavy (non-hydrogen) atoms. The van der Waals surface area contributed by atoms with Crippen molar-refractivity contribution in [2.24, 2.45) is 0 Å². The van der Waals surface area contributed by atoms with Gasteiger partial charge in [-0.15, -0.1) is 11.8 Å². The monoisotopic (exact) mass is 287 g/mol. The van der Waals surface area contributed by atoms with E-state index in [1.165, 1.54) is 11.8 Å². The Labute approximate surface area is 112 Å². The van der Waals surface area contributed by atoms with Crippen LogP contribution in [0, 0.1) is 11.6 Å². The SMILES string of the molecule is O=C(O)c1cc(F)c(F)cc1NC(=O)C1CCCS1. The summed E-state index contributed by atoms with van der Waals surface area (Å²) in [4.78, 5) is 22.8. The average Bonchev–Trinajstić information content (AvgIpc) is 2.86. The Bertz CT molecular complexity index is 530. The van der Waals surface area contributed by atoms with Gasteiger partial charge in [-0.05, 0) is 24.7 Å². The molecule has 0 aliphatic carbocycles. The molecule has 0 bridgehead atoms. The molecule has 1 aromatic rings. The fourth-order valence-corrected chi connectivity index (χ4v) is 2.99. The highest BCUT2D eigenvalue weighted by Crippen LogP contribution is 2.28. The third-order valence-corrected chi connectivity index (χ3v) is 4.15. The Morgan fingerprint density at radius 1 is 1.32 bits per heavy atom. The highest BCUT2D eigenvalue weighted by atomic mass is 32.2. The van der Waals surface area contributed by atoms with Crippen molar-refractivity contribution in [3.63, 3.8) is 0 Å². The van der Waals surface area contributed by atoms with Gasteiger partial charge >= 0.3 is 5.97 Å². The van der Waals surface area contributed by atoms with Crippen LogP contribution in [0.3, 0.4) is 0 Å². The second-order valence-electron chi connectivity index (χ2n) is 4.11. The van der Waals surface area contributed by atoms with Gasteiger partial charge in [-0.25, -0.2) is 13.6 Å². The summed E-state index contributed by atoms with van der Waals surface area (Å²) in [6.07, 6.45) is 1.61. The van der Waals surface area contributed by atoms with Crippen molar-refractivity contribution in [2.45, 2.75) is 18.1 Å². The van der Waals surface area contributed by atoms with Crippen molar-refractivity contribution in [2.75, 3.05) is 11.1 Å². The molecule has 1 aliphatic heterocycles. The molecule has 2 rings (SSSR count). The van der Waals surface area contributed by atoms with Crippen molar-refractivity contribution in [1.82, 2.24) is 0 Å². The molecule has 0 spiro atoms. The van der Waals surface area contributed by atoms with Crippen LogP contribution in [0.5, 0.6) is 0 Å². The number of carboxylic acids is 1. The van der Waals surface area contributed by atoms with Gasteiger partial charge in [-0.1, -0.05) is 0 Å². The summed E-state index contributed by atoms with van der Waals surface area (Å²) in [5, 5.41) is 11.0. The maximum absolute atomic E-state index is 13.1. The fraction of sp³-hybridized carbons (Fsp3) is 0.333. The minimum Gasteiger partial charge on any atom is -0.478 e. The van der Waals surface area contributed by atoms with Crippen LogP contribution in [-0.4, -0.2) is 28.0 Å². The van der Waals surface area contributed by atoms with Crippen LogP contribution >= 0.6 is 11.8 Å². The quantitative estimate of drug-likeness (QED) is 0.896. The van der Waals surface area contributed by atoms with E-state index in [9.17, 15) is 18.4 Å². The van der Waals surface area contributed by atoms with Gasteiger partial charge < -0.3 is 10.4 Å². The number of carbonyl (C=O) groups is 2. The van der Waals surface area contributed by atoms with E-state index in [4.69, 9.17) is 5.11 Å². The molecule has 1 aromatic carbocycles. The number of aromatic carboxylic acids is 1. The Hall–Kier alpha value is -1.63. The molecule has 0 aromatic heterocycles. The lowest BCUT2D eigenvalue weighted by Gasteiger charge is -2.12. The summed E-state index contributed by atoms with van der Waals surface area (Å²) in [6.45, 7) is 0. The molecule has 102 valence electrons. The number of amides is 1. The van der Waals surface area contributed by atoms with E-state index in [1.807, 2.05) is 0 Å². The zero-order valence-electron chi connectivity index (χ0n) is 9.78. The molecule has 1 fully saturated rings. The van der Waals surface area contributed by atoms with Gasteiger partial charge in [-0.2, -0.15) is 0 Å². The third-order valence-electron chi connectivity index (χ3n) is 2.77. The molecule has 2 N–H and O–H groups in total. The highest BCUT2D eigenvalue weighted by Gasteiger charge is 2.25. The minimum absolute atomic E-state index is 0.219. The Balaban J connectivity index is 2.25. The summed E-state index contributed by atoms with van der Waals surface area (Å²) in [7, 11) is 0. The van der Waals surface area contributed by atoms with Gasteiger partial charge in [0.25, 0.3) is 0 Å². The third kappa shape index (κ3) is 3.04. The first-order valence-electron chi connectivity index (χ1n) is 5.64. The molecule has 1 unspecified atom stereocenters. The number of benzene rings is 1. The van der Waals surface area contributed by atoms with Gasteiger partial charge in [0.1, 0.15) is 0 Å². The molecular formula is C12H11F2NO3S. The molecule has 0 saturated carbocycles. The molecule has 1 atom stereocenters. The molecule has 1 amide bonds. The Morgan fingerprint density at radius 3 is 2.58 bits per heavy atom. The van der Waals surface area contributed by atoms with Crippen molar-refractivity contribution < 1.29 is 23.5 Å². The first-order valence-corrected chi connectivity index (χ1v) is 6.68. The smallest absolute Gasteiger partial charge is 0.337 e. The molecule has 1 saturated heterocycles. The predicted octanol–water partition coefficient (Wildman–Crippen LogP) is 2.50. The van der Waals surface area contributed by atoms with Crippen LogP contribution in [0.25, 0.3) is 0 Å². The van der Waals surface area contributed by atoms with E-state index >= 15 is 0 Å². The topological polar surface area (TPSA) is 66.4 Å². The number of hydrogen-bond donors (Lipinski definition) is 2. The number of rotatable bonds is 3. The lowest BCUT2D eigenvalue weighted by atomic mass is 10.1. The fourth-order valence-electron chi connectivity index (χ4n) is 1.82. The average molecular weight is 287 g/mol. The van der Waals surface area contributed by atoms with Crippen molar-refractivity contribution in [3.05, 3.63) is 29.3 Å². The number of hydrogen-bond acceptors (Lipinski definition) is 3. The summed E-state index contributed by atoms with van der Waals surface area (Å²) in [5.74, 6) is -3.39. The number of anilines is 1. The van der Waals surface area contributed by atoms with E-state index in [0.717, 1.165) is 12.2 Å². The normalized spacial score (nSPS) is 18.3. The van der Waals surface area contributed by atoms with Crippen LogP contribution in [0.1, 0.15) is 23.2 Å². The second kappa shape index (κ2) is 5.56. The first-order chi connectivity index (χ1) is 8.99. The standard InChI is InChI=1S/C12H11F2NO3S/c13-7-4-6(12(17)18)9(5-8(7)14)15-11(16)10-2-1-3-19-10/h4-5,10H,1-3H2,(H,15,16)(H,17,18). The molecule has 1 aliphatic rings. The largest absolute Gasteiger partial charge is 0.478 e. The van der Waals surface area contributed by atoms with Crippen molar-refractivity contribution in [3.8, 4) is 0 Å². The van der Waals surface area contributed by atoms with Crippen molar-refractivity contribution >= 4 is 29.3 Å². The maximum atomic E-state index is 13.1. The van der Waals surface area contributed by atoms with Crippen LogP contribution in [0.2, 0.25) is 0 Å². The van der Waals surface area contributed by atoms with Crippen molar-refractivity contribution in [1.29, 1.82) is 0 Å². The first kappa shape index (κ1) is 13.8. The van der Waals surface area contributed by atoms with Gasteiger partial charge in [0.2, 0.25) is 5.91 Å². The van der Waals surface area contributed by atoms with Gasteiger partial charge in [0, 0.05) is 6.07 Å². The van der Waals surface area contributed by atoms with Gasteiger partial charge in [0.05, 0.1) is 16.5 Å². The lowest BCUT2D eigenvalue weighted by molar-refractivity contribution is -0.115. The zero-order valence-corrected chi connectivity index (χ0v) is 10.6.